The maximum absolute atomic E-state index is 14.8. The van der Waals surface area contributed by atoms with E-state index < -0.39 is 35.4 Å². The molecule has 4 atom stereocenters. The molecule has 1 saturated carbocycles. The first-order chi connectivity index (χ1) is 29.7. The lowest BCUT2D eigenvalue weighted by Crippen LogP contribution is -2.60. The molecule has 0 saturated heterocycles. The van der Waals surface area contributed by atoms with Crippen LogP contribution in [0.2, 0.25) is 0 Å². The van der Waals surface area contributed by atoms with Crippen LogP contribution in [-0.2, 0) is 51.2 Å². The van der Waals surface area contributed by atoms with Gasteiger partial charge >= 0.3 is 17.6 Å². The van der Waals surface area contributed by atoms with Gasteiger partial charge in [0.05, 0.1) is 12.0 Å². The molecule has 9 rings (SSSR count). The Morgan fingerprint density at radius 1 is 0.754 bits per heavy atom. The van der Waals surface area contributed by atoms with Crippen molar-refractivity contribution in [2.45, 2.75) is 122 Å². The van der Waals surface area contributed by atoms with E-state index in [1.54, 1.807) is 6.07 Å². The van der Waals surface area contributed by atoms with Crippen LogP contribution in [0.3, 0.4) is 0 Å². The van der Waals surface area contributed by atoms with Crippen LogP contribution >= 0.6 is 0 Å². The summed E-state index contributed by atoms with van der Waals surface area (Å²) in [6, 6.07) is 32.7. The lowest BCUT2D eigenvalue weighted by atomic mass is 9.69. The summed E-state index contributed by atoms with van der Waals surface area (Å²) in [6.07, 6.45) is 7.83. The Morgan fingerprint density at radius 3 is 2.39 bits per heavy atom. The minimum absolute atomic E-state index is 0.0403. The van der Waals surface area contributed by atoms with Crippen molar-refractivity contribution >= 4 is 22.9 Å². The predicted octanol–water partition coefficient (Wildman–Crippen LogP) is 10.7. The number of aryl methyl sites for hydroxylation is 2. The molecule has 4 aromatic carbocycles. The maximum atomic E-state index is 14.8. The summed E-state index contributed by atoms with van der Waals surface area (Å²) >= 11 is 0. The smallest absolute Gasteiger partial charge is 0.336 e. The second-order valence-electron chi connectivity index (χ2n) is 17.9. The van der Waals surface area contributed by atoms with Crippen LogP contribution in [-0.4, -0.2) is 23.6 Å². The molecule has 61 heavy (non-hydrogen) atoms. The molecule has 5 bridgehead atoms. The molecule has 0 N–H and O–H groups in total. The topological polar surface area (TPSA) is 92.0 Å². The molecule has 7 nitrogen and oxygen atoms in total. The predicted molar refractivity (Wildman–Crippen MR) is 236 cm³/mol. The van der Waals surface area contributed by atoms with Crippen molar-refractivity contribution in [1.29, 1.82) is 0 Å². The van der Waals surface area contributed by atoms with Crippen LogP contribution in [0.15, 0.2) is 117 Å². The molecule has 1 fully saturated rings. The van der Waals surface area contributed by atoms with Crippen molar-refractivity contribution in [2.24, 2.45) is 11.8 Å². The van der Waals surface area contributed by atoms with E-state index in [4.69, 9.17) is 18.6 Å². The number of carbonyl (C=O) groups excluding carboxylic acids is 2. The van der Waals surface area contributed by atoms with E-state index in [-0.39, 0.29) is 30.3 Å². The van der Waals surface area contributed by atoms with E-state index in [0.29, 0.717) is 48.0 Å². The van der Waals surface area contributed by atoms with Gasteiger partial charge in [-0.05, 0) is 123 Å². The van der Waals surface area contributed by atoms with Crippen molar-refractivity contribution in [3.63, 3.8) is 0 Å². The van der Waals surface area contributed by atoms with Crippen molar-refractivity contribution < 1.29 is 28.2 Å². The minimum Gasteiger partial charge on any atom is -0.481 e. The first kappa shape index (κ1) is 40.5. The number of fused-ring (bicyclic) bond motifs is 7. The summed E-state index contributed by atoms with van der Waals surface area (Å²) in [6.45, 7) is 3.89. The number of benzene rings is 4. The SMILES string of the molecule is CC(C)=C1CCc2ccc3c(c2)CC#CC[C@]2(C4CCCCC4)Oc4ccc5ccc(=O)oc5c4[C@@H](OC(=O)C[C@H](CCc4cccc(Cc5ccccc5)c4)C3)[C@@H]2OC1=O. The molecule has 7 heteroatoms. The van der Waals surface area contributed by atoms with Crippen LogP contribution in [0.1, 0.15) is 117 Å². The van der Waals surface area contributed by atoms with Gasteiger partial charge in [0.1, 0.15) is 11.3 Å². The highest BCUT2D eigenvalue weighted by molar-refractivity contribution is 5.90. The van der Waals surface area contributed by atoms with Crippen molar-refractivity contribution in [1.82, 2.24) is 0 Å². The van der Waals surface area contributed by atoms with Gasteiger partial charge < -0.3 is 18.6 Å². The van der Waals surface area contributed by atoms with Gasteiger partial charge in [-0.25, -0.2) is 9.59 Å². The number of hydrogen-bond acceptors (Lipinski definition) is 7. The molecule has 0 unspecified atom stereocenters. The molecule has 4 aliphatic rings. The summed E-state index contributed by atoms with van der Waals surface area (Å²) in [5.41, 5.74) is 7.67. The van der Waals surface area contributed by atoms with Gasteiger partial charge in [-0.1, -0.05) is 109 Å². The molecule has 0 radical (unpaired) electrons. The molecule has 0 spiro atoms. The lowest BCUT2D eigenvalue weighted by Gasteiger charge is -2.51. The van der Waals surface area contributed by atoms with E-state index >= 15 is 0 Å². The monoisotopic (exact) mass is 814 g/mol. The van der Waals surface area contributed by atoms with Crippen LogP contribution in [0.4, 0.5) is 0 Å². The van der Waals surface area contributed by atoms with E-state index in [0.717, 1.165) is 68.1 Å². The molecule has 5 aromatic rings. The largest absolute Gasteiger partial charge is 0.481 e. The van der Waals surface area contributed by atoms with Gasteiger partial charge in [0.2, 0.25) is 0 Å². The molecule has 1 aliphatic carbocycles. The summed E-state index contributed by atoms with van der Waals surface area (Å²) < 4.78 is 26.8. The Balaban J connectivity index is 1.17. The highest BCUT2D eigenvalue weighted by Gasteiger charge is 2.59. The third-order valence-corrected chi connectivity index (χ3v) is 13.5. The molecule has 4 heterocycles. The van der Waals surface area contributed by atoms with Crippen molar-refractivity contribution in [2.75, 3.05) is 0 Å². The number of allylic oxidation sites excluding steroid dienone is 1. The van der Waals surface area contributed by atoms with E-state index in [1.807, 2.05) is 32.0 Å². The minimum atomic E-state index is -1.14. The summed E-state index contributed by atoms with van der Waals surface area (Å²) in [4.78, 5) is 42.5. The van der Waals surface area contributed by atoms with Crippen molar-refractivity contribution in [3.8, 4) is 17.6 Å². The summed E-state index contributed by atoms with van der Waals surface area (Å²) in [7, 11) is 0. The number of carbonyl (C=O) groups is 2. The van der Waals surface area contributed by atoms with Crippen LogP contribution in [0, 0.1) is 23.7 Å². The standard InChI is InChI=1S/C54H54O7/c1-35(2)45-26-22-38-21-23-43-33-40(20-19-37-14-11-15-39(31-37)30-36-12-5-3-6-13-36)34-48(56)59-51-49-46(27-24-41-25-28-47(55)58-50(41)49)61-54(52(51)60-53(45)57,44-17-7-4-8-18-44)29-10-9-16-42(43)32-38/h3,5-6,11-15,21,23-25,27-28,31-32,40,44,51-52H,4,7-8,16-20,22,26,29-30,33-34H2,1-2H3/t40-,51-,52+,54-/m1/s1. The number of ether oxygens (including phenoxy) is 3. The van der Waals surface area contributed by atoms with Crippen molar-refractivity contribution in [3.05, 3.63) is 158 Å². The zero-order chi connectivity index (χ0) is 41.9. The van der Waals surface area contributed by atoms with E-state index in [1.165, 1.54) is 28.3 Å². The fourth-order valence-electron chi connectivity index (χ4n) is 10.3. The highest BCUT2D eigenvalue weighted by atomic mass is 16.6. The molecule has 0 amide bonds. The normalized spacial score (nSPS) is 23.0. The van der Waals surface area contributed by atoms with Gasteiger partial charge in [-0.15, -0.1) is 0 Å². The Hall–Kier alpha value is -5.87. The number of esters is 2. The zero-order valence-corrected chi connectivity index (χ0v) is 35.3. The first-order valence-electron chi connectivity index (χ1n) is 22.2. The van der Waals surface area contributed by atoms with E-state index in [2.05, 4.69) is 78.6 Å². The molecule has 1 aromatic heterocycles. The number of hydrogen-bond donors (Lipinski definition) is 0. The second-order valence-corrected chi connectivity index (χ2v) is 17.9. The van der Waals surface area contributed by atoms with E-state index in [9.17, 15) is 14.4 Å². The van der Waals surface area contributed by atoms with Crippen LogP contribution < -0.4 is 10.4 Å². The van der Waals surface area contributed by atoms with Gasteiger partial charge in [0.15, 0.2) is 17.8 Å². The molecule has 312 valence electrons. The summed E-state index contributed by atoms with van der Waals surface area (Å²) in [5, 5.41) is 0.655. The highest BCUT2D eigenvalue weighted by Crippen LogP contribution is 2.53. The second kappa shape index (κ2) is 17.6. The first-order valence-corrected chi connectivity index (χ1v) is 22.2. The Bertz CT molecular complexity index is 2600. The lowest BCUT2D eigenvalue weighted by molar-refractivity contribution is -0.204. The fraction of sp³-hybridized carbons (Fsp3) is 0.389. The quantitative estimate of drug-likeness (QED) is 0.0729. The average molecular weight is 815 g/mol. The van der Waals surface area contributed by atoms with Gasteiger partial charge in [0.25, 0.3) is 0 Å². The third kappa shape index (κ3) is 8.69. The van der Waals surface area contributed by atoms with Gasteiger partial charge in [-0.3, -0.25) is 4.79 Å². The average Bonchev–Trinajstić information content (AvgIpc) is 3.26. The number of rotatable bonds is 6. The van der Waals surface area contributed by atoms with Crippen LogP contribution in [0.25, 0.3) is 11.0 Å². The maximum Gasteiger partial charge on any atom is 0.336 e. The molecule has 3 aliphatic heterocycles. The van der Waals surface area contributed by atoms with Gasteiger partial charge in [0, 0.05) is 35.8 Å². The summed E-state index contributed by atoms with van der Waals surface area (Å²) in [5.74, 6) is 6.59. The third-order valence-electron chi connectivity index (χ3n) is 13.5. The van der Waals surface area contributed by atoms with Gasteiger partial charge in [-0.2, -0.15) is 0 Å². The Labute approximate surface area is 358 Å². The molecular weight excluding hydrogens is 761 g/mol. The zero-order valence-electron chi connectivity index (χ0n) is 35.3. The van der Waals surface area contributed by atoms with Crippen LogP contribution in [0.5, 0.6) is 5.75 Å². The molecular formula is C54H54O7. The fourth-order valence-corrected chi connectivity index (χ4v) is 10.3. The Kier molecular flexibility index (Phi) is 11.7. The Morgan fingerprint density at radius 2 is 1.56 bits per heavy atom.